The molecular formula is C23H26N4O2. The van der Waals surface area contributed by atoms with Crippen molar-refractivity contribution in [2.24, 2.45) is 5.73 Å². The van der Waals surface area contributed by atoms with Crippen LogP contribution in [0.5, 0.6) is 0 Å². The van der Waals surface area contributed by atoms with Crippen LogP contribution in [0.2, 0.25) is 0 Å². The van der Waals surface area contributed by atoms with Crippen molar-refractivity contribution in [2.75, 3.05) is 18.4 Å². The summed E-state index contributed by atoms with van der Waals surface area (Å²) < 4.78 is 5.81. The second-order valence-electron chi connectivity index (χ2n) is 7.69. The molecule has 1 fully saturated rings. The number of rotatable bonds is 4. The molecule has 2 heterocycles. The largest absolute Gasteiger partial charge is 0.373 e. The van der Waals surface area contributed by atoms with Crippen LogP contribution >= 0.6 is 0 Å². The van der Waals surface area contributed by atoms with Gasteiger partial charge < -0.3 is 15.8 Å². The van der Waals surface area contributed by atoms with Crippen molar-refractivity contribution in [1.82, 2.24) is 9.88 Å². The first-order valence-electron chi connectivity index (χ1n) is 9.91. The maximum atomic E-state index is 11.3. The van der Waals surface area contributed by atoms with Crippen LogP contribution in [0.1, 0.15) is 19.5 Å². The number of anilines is 1. The van der Waals surface area contributed by atoms with Crippen LogP contribution < -0.4 is 11.1 Å². The summed E-state index contributed by atoms with van der Waals surface area (Å²) in [5.41, 5.74) is 9.17. The monoisotopic (exact) mass is 390 g/mol. The van der Waals surface area contributed by atoms with Crippen molar-refractivity contribution >= 4 is 22.5 Å². The molecule has 150 valence electrons. The van der Waals surface area contributed by atoms with E-state index in [1.165, 1.54) is 0 Å². The molecule has 3 N–H and O–H groups in total. The summed E-state index contributed by atoms with van der Waals surface area (Å²) in [4.78, 5) is 18.4. The average molecular weight is 390 g/mol. The Morgan fingerprint density at radius 2 is 1.83 bits per heavy atom. The summed E-state index contributed by atoms with van der Waals surface area (Å²) in [7, 11) is 0. The number of pyridine rings is 1. The Bertz CT molecular complexity index is 1010. The van der Waals surface area contributed by atoms with E-state index in [4.69, 9.17) is 15.5 Å². The molecule has 1 aromatic heterocycles. The maximum absolute atomic E-state index is 11.3. The third-order valence-electron chi connectivity index (χ3n) is 5.20. The molecule has 0 aliphatic carbocycles. The van der Waals surface area contributed by atoms with Crippen molar-refractivity contribution in [3.05, 3.63) is 60.4 Å². The highest BCUT2D eigenvalue weighted by Crippen LogP contribution is 2.33. The molecule has 0 saturated carbocycles. The molecule has 2 amide bonds. The molecule has 0 spiro atoms. The van der Waals surface area contributed by atoms with Crippen LogP contribution in [0.25, 0.3) is 21.9 Å². The number of carbonyl (C=O) groups excluding carboxylic acids is 1. The number of fused-ring (bicyclic) bond motifs is 1. The second kappa shape index (κ2) is 8.19. The van der Waals surface area contributed by atoms with Crippen LogP contribution in [-0.2, 0) is 11.3 Å². The number of carbonyl (C=O) groups is 1. The Morgan fingerprint density at radius 3 is 2.48 bits per heavy atom. The van der Waals surface area contributed by atoms with Gasteiger partial charge in [-0.05, 0) is 36.9 Å². The zero-order chi connectivity index (χ0) is 20.4. The first-order valence-corrected chi connectivity index (χ1v) is 9.91. The molecule has 2 atom stereocenters. The number of amides is 2. The molecule has 2 unspecified atom stereocenters. The van der Waals surface area contributed by atoms with Gasteiger partial charge in [-0.15, -0.1) is 0 Å². The van der Waals surface area contributed by atoms with E-state index in [1.807, 2.05) is 42.6 Å². The minimum atomic E-state index is -0.569. The smallest absolute Gasteiger partial charge is 0.316 e. The highest BCUT2D eigenvalue weighted by molar-refractivity contribution is 6.07. The van der Waals surface area contributed by atoms with E-state index in [-0.39, 0.29) is 12.2 Å². The number of nitrogens with zero attached hydrogens (tertiary/aromatic N) is 2. The summed E-state index contributed by atoms with van der Waals surface area (Å²) in [5.74, 6) is 0. The molecule has 0 radical (unpaired) electrons. The number of ether oxygens (including phenoxy) is 1. The van der Waals surface area contributed by atoms with Gasteiger partial charge in [-0.2, -0.15) is 0 Å². The van der Waals surface area contributed by atoms with E-state index >= 15 is 0 Å². The van der Waals surface area contributed by atoms with Gasteiger partial charge in [0.15, 0.2) is 0 Å². The van der Waals surface area contributed by atoms with Gasteiger partial charge in [0.05, 0.1) is 23.6 Å². The summed E-state index contributed by atoms with van der Waals surface area (Å²) in [6.45, 7) is 6.89. The summed E-state index contributed by atoms with van der Waals surface area (Å²) in [5, 5.41) is 4.69. The van der Waals surface area contributed by atoms with E-state index in [9.17, 15) is 4.79 Å². The number of nitrogens with two attached hydrogens (primary N) is 1. The second-order valence-corrected chi connectivity index (χ2v) is 7.69. The lowest BCUT2D eigenvalue weighted by molar-refractivity contribution is -0.0707. The lowest BCUT2D eigenvalue weighted by Gasteiger charge is -2.35. The van der Waals surface area contributed by atoms with Crippen molar-refractivity contribution in [1.29, 1.82) is 0 Å². The van der Waals surface area contributed by atoms with Crippen LogP contribution in [0.4, 0.5) is 10.5 Å². The van der Waals surface area contributed by atoms with Crippen LogP contribution in [0.15, 0.2) is 54.7 Å². The Hall–Kier alpha value is -2.96. The predicted octanol–water partition coefficient (Wildman–Crippen LogP) is 4.00. The SMILES string of the molecule is CC1CN(Cc2ccc(-c3ccc(NC(N)=O)c4ccccc34)cn2)CC(C)O1. The van der Waals surface area contributed by atoms with E-state index in [0.29, 0.717) is 5.69 Å². The molecule has 6 heteroatoms. The average Bonchev–Trinajstić information content (AvgIpc) is 2.68. The van der Waals surface area contributed by atoms with Crippen molar-refractivity contribution in [3.63, 3.8) is 0 Å². The van der Waals surface area contributed by atoms with Gasteiger partial charge in [-0.25, -0.2) is 4.79 Å². The van der Waals surface area contributed by atoms with Gasteiger partial charge in [0, 0.05) is 36.8 Å². The fourth-order valence-electron chi connectivity index (χ4n) is 4.11. The van der Waals surface area contributed by atoms with Crippen molar-refractivity contribution in [2.45, 2.75) is 32.6 Å². The lowest BCUT2D eigenvalue weighted by atomic mass is 9.98. The summed E-state index contributed by atoms with van der Waals surface area (Å²) >= 11 is 0. The molecule has 6 nitrogen and oxygen atoms in total. The van der Waals surface area contributed by atoms with Gasteiger partial charge in [0.2, 0.25) is 0 Å². The minimum absolute atomic E-state index is 0.247. The highest BCUT2D eigenvalue weighted by atomic mass is 16.5. The third kappa shape index (κ3) is 4.39. The number of aromatic nitrogens is 1. The minimum Gasteiger partial charge on any atom is -0.373 e. The number of primary amides is 1. The lowest BCUT2D eigenvalue weighted by Crippen LogP contribution is -2.44. The first-order chi connectivity index (χ1) is 14.0. The summed E-state index contributed by atoms with van der Waals surface area (Å²) in [6, 6.07) is 15.5. The number of nitrogens with one attached hydrogen (secondary N) is 1. The maximum Gasteiger partial charge on any atom is 0.316 e. The Kier molecular flexibility index (Phi) is 5.47. The molecule has 3 aromatic rings. The Labute approximate surface area is 170 Å². The van der Waals surface area contributed by atoms with Crippen molar-refractivity contribution in [3.8, 4) is 11.1 Å². The van der Waals surface area contributed by atoms with Gasteiger partial charge in [-0.3, -0.25) is 9.88 Å². The van der Waals surface area contributed by atoms with Gasteiger partial charge >= 0.3 is 6.03 Å². The molecular weight excluding hydrogens is 364 g/mol. The topological polar surface area (TPSA) is 80.5 Å². The Morgan fingerprint density at radius 1 is 1.10 bits per heavy atom. The van der Waals surface area contributed by atoms with E-state index in [2.05, 4.69) is 36.2 Å². The highest BCUT2D eigenvalue weighted by Gasteiger charge is 2.22. The number of benzene rings is 2. The fraction of sp³-hybridized carbons (Fsp3) is 0.304. The summed E-state index contributed by atoms with van der Waals surface area (Å²) in [6.07, 6.45) is 2.42. The molecule has 1 aliphatic rings. The molecule has 0 bridgehead atoms. The molecule has 1 aliphatic heterocycles. The number of hydrogen-bond acceptors (Lipinski definition) is 4. The Balaban J connectivity index is 1.59. The van der Waals surface area contributed by atoms with Crippen LogP contribution in [0, 0.1) is 0 Å². The zero-order valence-corrected chi connectivity index (χ0v) is 16.8. The third-order valence-corrected chi connectivity index (χ3v) is 5.20. The fourth-order valence-corrected chi connectivity index (χ4v) is 4.11. The first kappa shape index (κ1) is 19.4. The van der Waals surface area contributed by atoms with Crippen molar-refractivity contribution < 1.29 is 9.53 Å². The number of hydrogen-bond donors (Lipinski definition) is 2. The predicted molar refractivity (Wildman–Crippen MR) is 116 cm³/mol. The molecule has 2 aromatic carbocycles. The molecule has 1 saturated heterocycles. The molecule has 4 rings (SSSR count). The van der Waals surface area contributed by atoms with Crippen LogP contribution in [0.3, 0.4) is 0 Å². The van der Waals surface area contributed by atoms with E-state index in [0.717, 1.165) is 47.2 Å². The number of urea groups is 1. The standard InChI is InChI=1S/C23H26N4O2/c1-15-12-27(13-16(2)29-15)14-18-8-7-17(11-25-18)19-9-10-22(26-23(24)28)21-6-4-3-5-20(19)21/h3-11,15-16H,12-14H2,1-2H3,(H3,24,26,28). The van der Waals surface area contributed by atoms with Gasteiger partial charge in [0.1, 0.15) is 0 Å². The van der Waals surface area contributed by atoms with E-state index < -0.39 is 6.03 Å². The van der Waals surface area contributed by atoms with Gasteiger partial charge in [-0.1, -0.05) is 36.4 Å². The van der Waals surface area contributed by atoms with Crippen LogP contribution in [-0.4, -0.2) is 41.2 Å². The normalized spacial score (nSPS) is 19.9. The van der Waals surface area contributed by atoms with Gasteiger partial charge in [0.25, 0.3) is 0 Å². The zero-order valence-electron chi connectivity index (χ0n) is 16.8. The van der Waals surface area contributed by atoms with E-state index in [1.54, 1.807) is 0 Å². The molecule has 29 heavy (non-hydrogen) atoms. The number of morpholine rings is 1. The quantitative estimate of drug-likeness (QED) is 0.706.